The number of aryl methyl sites for hydroxylation is 1. The van der Waals surface area contributed by atoms with Crippen molar-refractivity contribution < 1.29 is 22.8 Å². The molecule has 0 spiro atoms. The Kier molecular flexibility index (Phi) is 3.91. The van der Waals surface area contributed by atoms with Crippen LogP contribution in [0.3, 0.4) is 0 Å². The summed E-state index contributed by atoms with van der Waals surface area (Å²) >= 11 is 0. The zero-order valence-corrected chi connectivity index (χ0v) is 9.21. The van der Waals surface area contributed by atoms with Gasteiger partial charge in [-0.05, 0) is 0 Å². The van der Waals surface area contributed by atoms with E-state index >= 15 is 0 Å². The lowest BCUT2D eigenvalue weighted by Crippen LogP contribution is -2.40. The highest BCUT2D eigenvalue weighted by Gasteiger charge is 2.38. The van der Waals surface area contributed by atoms with E-state index in [0.717, 1.165) is 10.9 Å². The summed E-state index contributed by atoms with van der Waals surface area (Å²) in [6.07, 6.45) is -3.83. The summed E-state index contributed by atoms with van der Waals surface area (Å²) in [6.45, 7) is -0.526. The molecule has 1 aromatic rings. The average molecular weight is 265 g/mol. The number of carbonyl (C=O) groups is 2. The smallest absolute Gasteiger partial charge is 0.343 e. The molecule has 0 bridgehead atoms. The van der Waals surface area contributed by atoms with E-state index in [0.29, 0.717) is 0 Å². The summed E-state index contributed by atoms with van der Waals surface area (Å²) in [4.78, 5) is 22.2. The standard InChI is InChI=1S/C8H10F3N5O2/c1-16-3-4(6(15-16)8(9,10)11)7(18)13-2-5(17)14-12/h3H,2,12H2,1H3,(H,13,18)(H,14,17). The molecule has 0 aliphatic rings. The Bertz CT molecular complexity index is 468. The quantitative estimate of drug-likeness (QED) is 0.376. The van der Waals surface area contributed by atoms with E-state index in [1.807, 2.05) is 5.32 Å². The Hall–Kier alpha value is -2.10. The SMILES string of the molecule is Cn1cc(C(=O)NCC(=O)NN)c(C(F)(F)F)n1. The fourth-order valence-corrected chi connectivity index (χ4v) is 1.17. The van der Waals surface area contributed by atoms with Crippen molar-refractivity contribution in [3.05, 3.63) is 17.5 Å². The third kappa shape index (κ3) is 3.20. The van der Waals surface area contributed by atoms with E-state index < -0.39 is 35.8 Å². The van der Waals surface area contributed by atoms with Crippen LogP contribution in [0, 0.1) is 0 Å². The minimum absolute atomic E-state index is 0.526. The van der Waals surface area contributed by atoms with Gasteiger partial charge in [-0.2, -0.15) is 18.3 Å². The van der Waals surface area contributed by atoms with Crippen LogP contribution in [0.4, 0.5) is 13.2 Å². The van der Waals surface area contributed by atoms with E-state index in [9.17, 15) is 22.8 Å². The number of hydrogen-bond acceptors (Lipinski definition) is 4. The molecule has 7 nitrogen and oxygen atoms in total. The molecule has 0 fully saturated rings. The minimum atomic E-state index is -4.75. The summed E-state index contributed by atoms with van der Waals surface area (Å²) < 4.78 is 38.5. The molecule has 10 heteroatoms. The zero-order chi connectivity index (χ0) is 13.9. The van der Waals surface area contributed by atoms with Crippen LogP contribution in [0.15, 0.2) is 6.20 Å². The summed E-state index contributed by atoms with van der Waals surface area (Å²) in [5.74, 6) is 2.96. The van der Waals surface area contributed by atoms with Crippen LogP contribution < -0.4 is 16.6 Å². The van der Waals surface area contributed by atoms with Crippen molar-refractivity contribution in [2.24, 2.45) is 12.9 Å². The molecule has 0 aromatic carbocycles. The monoisotopic (exact) mass is 265 g/mol. The lowest BCUT2D eigenvalue weighted by atomic mass is 10.2. The van der Waals surface area contributed by atoms with E-state index in [1.165, 1.54) is 7.05 Å². The molecule has 0 radical (unpaired) electrons. The van der Waals surface area contributed by atoms with Crippen molar-refractivity contribution in [1.82, 2.24) is 20.5 Å². The molecule has 0 atom stereocenters. The maximum Gasteiger partial charge on any atom is 0.435 e. The second kappa shape index (κ2) is 5.04. The van der Waals surface area contributed by atoms with Crippen LogP contribution in [-0.2, 0) is 18.0 Å². The number of alkyl halides is 3. The number of carbonyl (C=O) groups excluding carboxylic acids is 2. The lowest BCUT2D eigenvalue weighted by Gasteiger charge is -2.06. The molecular weight excluding hydrogens is 255 g/mol. The highest BCUT2D eigenvalue weighted by Crippen LogP contribution is 2.30. The van der Waals surface area contributed by atoms with Gasteiger partial charge in [0.15, 0.2) is 5.69 Å². The molecule has 0 aliphatic carbocycles. The fraction of sp³-hybridized carbons (Fsp3) is 0.375. The van der Waals surface area contributed by atoms with Crippen molar-refractivity contribution in [2.45, 2.75) is 6.18 Å². The Balaban J connectivity index is 2.89. The number of hydrogen-bond donors (Lipinski definition) is 3. The molecule has 100 valence electrons. The maximum atomic E-state index is 12.5. The number of amides is 2. The Morgan fingerprint density at radius 3 is 2.61 bits per heavy atom. The molecule has 0 saturated carbocycles. The minimum Gasteiger partial charge on any atom is -0.343 e. The van der Waals surface area contributed by atoms with Crippen LogP contribution >= 0.6 is 0 Å². The number of halogens is 3. The van der Waals surface area contributed by atoms with Gasteiger partial charge in [-0.15, -0.1) is 0 Å². The molecule has 2 amide bonds. The van der Waals surface area contributed by atoms with Gasteiger partial charge in [-0.25, -0.2) is 5.84 Å². The third-order valence-electron chi connectivity index (χ3n) is 1.91. The van der Waals surface area contributed by atoms with Gasteiger partial charge in [0.2, 0.25) is 0 Å². The van der Waals surface area contributed by atoms with Gasteiger partial charge in [-0.1, -0.05) is 0 Å². The van der Waals surface area contributed by atoms with E-state index in [-0.39, 0.29) is 0 Å². The van der Waals surface area contributed by atoms with Crippen molar-refractivity contribution in [3.8, 4) is 0 Å². The number of nitrogens with two attached hydrogens (primary N) is 1. The van der Waals surface area contributed by atoms with Crippen LogP contribution in [0.5, 0.6) is 0 Å². The number of hydrazine groups is 1. The van der Waals surface area contributed by atoms with Gasteiger partial charge in [0.25, 0.3) is 11.8 Å². The van der Waals surface area contributed by atoms with Gasteiger partial charge >= 0.3 is 6.18 Å². The molecule has 18 heavy (non-hydrogen) atoms. The van der Waals surface area contributed by atoms with Crippen LogP contribution in [0.2, 0.25) is 0 Å². The van der Waals surface area contributed by atoms with Crippen molar-refractivity contribution in [2.75, 3.05) is 6.54 Å². The first kappa shape index (κ1) is 14.0. The summed E-state index contributed by atoms with van der Waals surface area (Å²) in [6, 6.07) is 0. The molecule has 1 rings (SSSR count). The normalized spacial score (nSPS) is 11.2. The van der Waals surface area contributed by atoms with Crippen LogP contribution in [0.1, 0.15) is 16.1 Å². The van der Waals surface area contributed by atoms with Crippen molar-refractivity contribution in [1.29, 1.82) is 0 Å². The van der Waals surface area contributed by atoms with E-state index in [1.54, 1.807) is 5.43 Å². The molecule has 0 unspecified atom stereocenters. The third-order valence-corrected chi connectivity index (χ3v) is 1.91. The lowest BCUT2D eigenvalue weighted by molar-refractivity contribution is -0.141. The average Bonchev–Trinajstić information content (AvgIpc) is 2.67. The number of nitrogens with zero attached hydrogens (tertiary/aromatic N) is 2. The summed E-state index contributed by atoms with van der Waals surface area (Å²) in [7, 11) is 1.25. The fourth-order valence-electron chi connectivity index (χ4n) is 1.17. The van der Waals surface area contributed by atoms with Crippen LogP contribution in [-0.4, -0.2) is 28.1 Å². The van der Waals surface area contributed by atoms with Gasteiger partial charge < -0.3 is 5.32 Å². The summed E-state index contributed by atoms with van der Waals surface area (Å²) in [5.41, 5.74) is -0.242. The number of aromatic nitrogens is 2. The first-order valence-corrected chi connectivity index (χ1v) is 4.64. The second-order valence-electron chi connectivity index (χ2n) is 3.31. The topological polar surface area (TPSA) is 102 Å². The van der Waals surface area contributed by atoms with Crippen molar-refractivity contribution >= 4 is 11.8 Å². The van der Waals surface area contributed by atoms with Crippen molar-refractivity contribution in [3.63, 3.8) is 0 Å². The first-order valence-electron chi connectivity index (χ1n) is 4.64. The molecule has 1 heterocycles. The van der Waals surface area contributed by atoms with Gasteiger partial charge in [0.1, 0.15) is 0 Å². The van der Waals surface area contributed by atoms with Gasteiger partial charge in [-0.3, -0.25) is 19.7 Å². The molecule has 0 saturated heterocycles. The second-order valence-corrected chi connectivity index (χ2v) is 3.31. The maximum absolute atomic E-state index is 12.5. The molecule has 4 N–H and O–H groups in total. The van der Waals surface area contributed by atoms with E-state index in [4.69, 9.17) is 5.84 Å². The van der Waals surface area contributed by atoms with Crippen LogP contribution in [0.25, 0.3) is 0 Å². The molecule has 1 aromatic heterocycles. The Morgan fingerprint density at radius 1 is 1.50 bits per heavy atom. The largest absolute Gasteiger partial charge is 0.435 e. The Morgan fingerprint density at radius 2 is 2.11 bits per heavy atom. The van der Waals surface area contributed by atoms with Gasteiger partial charge in [0, 0.05) is 13.2 Å². The predicted molar refractivity (Wildman–Crippen MR) is 52.9 cm³/mol. The predicted octanol–water partition coefficient (Wildman–Crippen LogP) is -0.841. The highest BCUT2D eigenvalue weighted by atomic mass is 19.4. The van der Waals surface area contributed by atoms with Gasteiger partial charge in [0.05, 0.1) is 12.1 Å². The summed E-state index contributed by atoms with van der Waals surface area (Å²) in [5, 5.41) is 5.15. The molecular formula is C8H10F3N5O2. The zero-order valence-electron chi connectivity index (χ0n) is 9.21. The first-order chi connectivity index (χ1) is 8.25. The molecule has 0 aliphatic heterocycles. The number of rotatable bonds is 3. The Labute approximate surface area is 99.1 Å². The number of nitrogens with one attached hydrogen (secondary N) is 2. The van der Waals surface area contributed by atoms with E-state index in [2.05, 4.69) is 5.10 Å². The highest BCUT2D eigenvalue weighted by molar-refractivity contribution is 5.97.